The molecule has 1 heterocycles. The summed E-state index contributed by atoms with van der Waals surface area (Å²) in [5.74, 6) is -0.271. The van der Waals surface area contributed by atoms with Crippen LogP contribution in [0.15, 0.2) is 116 Å². The minimum atomic E-state index is -0.662. The average Bonchev–Trinajstić information content (AvgIpc) is 2.91. The molecule has 0 aliphatic carbocycles. The number of amides is 2. The quantitative estimate of drug-likeness (QED) is 0.374. The first-order valence-corrected chi connectivity index (χ1v) is 11.8. The van der Waals surface area contributed by atoms with Gasteiger partial charge in [0.25, 0.3) is 0 Å². The van der Waals surface area contributed by atoms with Crippen molar-refractivity contribution < 1.29 is 9.59 Å². The first-order chi connectivity index (χ1) is 17.2. The van der Waals surface area contributed by atoms with E-state index in [0.717, 1.165) is 22.3 Å². The molecular formula is C30H29N3O2. The highest BCUT2D eigenvalue weighted by molar-refractivity contribution is 5.88. The maximum atomic E-state index is 13.7. The lowest BCUT2D eigenvalue weighted by Crippen LogP contribution is -2.50. The van der Waals surface area contributed by atoms with Crippen LogP contribution in [0.25, 0.3) is 0 Å². The van der Waals surface area contributed by atoms with Crippen molar-refractivity contribution in [1.29, 1.82) is 0 Å². The van der Waals surface area contributed by atoms with Crippen LogP contribution >= 0.6 is 0 Å². The summed E-state index contributed by atoms with van der Waals surface area (Å²) in [6.07, 6.45) is 4.09. The summed E-state index contributed by atoms with van der Waals surface area (Å²) in [6.45, 7) is 0.703. The van der Waals surface area contributed by atoms with Gasteiger partial charge in [0.2, 0.25) is 11.8 Å². The third kappa shape index (κ3) is 7.11. The number of hydrogen-bond donors (Lipinski definition) is 1. The standard InChI is InChI=1S/C30H29N3O2/c34-29(20-25-13-6-2-7-14-25)33(23-26-15-8-3-9-16-26)28(19-24-11-4-1-5-12-24)30(35)32-22-27-17-10-18-31-21-27/h1-18,21,28H,19-20,22-23H2,(H,32,35). The van der Waals surface area contributed by atoms with Crippen LogP contribution in [0.2, 0.25) is 0 Å². The number of benzene rings is 3. The summed E-state index contributed by atoms with van der Waals surface area (Å²) < 4.78 is 0. The van der Waals surface area contributed by atoms with Gasteiger partial charge >= 0.3 is 0 Å². The number of carbonyl (C=O) groups is 2. The molecule has 176 valence electrons. The van der Waals surface area contributed by atoms with E-state index in [0.29, 0.717) is 19.5 Å². The number of pyridine rings is 1. The van der Waals surface area contributed by atoms with Gasteiger partial charge in [-0.2, -0.15) is 0 Å². The van der Waals surface area contributed by atoms with Crippen LogP contribution in [0.3, 0.4) is 0 Å². The molecule has 0 radical (unpaired) electrons. The number of aromatic nitrogens is 1. The molecule has 0 bridgehead atoms. The number of hydrogen-bond acceptors (Lipinski definition) is 3. The van der Waals surface area contributed by atoms with Crippen LogP contribution in [0, 0.1) is 0 Å². The van der Waals surface area contributed by atoms with Crippen molar-refractivity contribution in [3.8, 4) is 0 Å². The molecule has 2 amide bonds. The zero-order chi connectivity index (χ0) is 24.3. The second-order valence-electron chi connectivity index (χ2n) is 8.45. The van der Waals surface area contributed by atoms with Crippen molar-refractivity contribution in [2.45, 2.75) is 32.0 Å². The van der Waals surface area contributed by atoms with Gasteiger partial charge in [-0.3, -0.25) is 14.6 Å². The van der Waals surface area contributed by atoms with Gasteiger partial charge in [-0.1, -0.05) is 97.1 Å². The number of nitrogens with zero attached hydrogens (tertiary/aromatic N) is 2. The van der Waals surface area contributed by atoms with E-state index in [2.05, 4.69) is 10.3 Å². The highest BCUT2D eigenvalue weighted by Gasteiger charge is 2.30. The molecule has 1 aromatic heterocycles. The highest BCUT2D eigenvalue weighted by atomic mass is 16.2. The number of rotatable bonds is 10. The molecule has 0 fully saturated rings. The molecule has 1 unspecified atom stereocenters. The lowest BCUT2D eigenvalue weighted by atomic mass is 10.0. The van der Waals surface area contributed by atoms with E-state index in [9.17, 15) is 9.59 Å². The Morgan fingerprint density at radius 2 is 1.29 bits per heavy atom. The largest absolute Gasteiger partial charge is 0.350 e. The Morgan fingerprint density at radius 1 is 0.714 bits per heavy atom. The molecule has 0 saturated heterocycles. The van der Waals surface area contributed by atoms with E-state index in [1.54, 1.807) is 17.3 Å². The van der Waals surface area contributed by atoms with Crippen LogP contribution in [0.1, 0.15) is 22.3 Å². The maximum absolute atomic E-state index is 13.7. The molecule has 1 N–H and O–H groups in total. The van der Waals surface area contributed by atoms with Gasteiger partial charge in [0.05, 0.1) is 6.42 Å². The predicted octanol–water partition coefficient (Wildman–Crippen LogP) is 4.58. The normalized spacial score (nSPS) is 11.4. The van der Waals surface area contributed by atoms with E-state index in [1.807, 2.05) is 103 Å². The van der Waals surface area contributed by atoms with Crippen LogP contribution in [-0.4, -0.2) is 27.7 Å². The molecule has 0 aliphatic rings. The summed E-state index contributed by atoms with van der Waals surface area (Å²) in [6, 6.07) is 32.4. The fourth-order valence-electron chi connectivity index (χ4n) is 4.02. The van der Waals surface area contributed by atoms with Gasteiger partial charge in [-0.25, -0.2) is 0 Å². The van der Waals surface area contributed by atoms with E-state index in [-0.39, 0.29) is 18.2 Å². The Bertz CT molecular complexity index is 1200. The molecule has 3 aromatic carbocycles. The van der Waals surface area contributed by atoms with E-state index in [1.165, 1.54) is 0 Å². The molecular weight excluding hydrogens is 434 g/mol. The smallest absolute Gasteiger partial charge is 0.243 e. The van der Waals surface area contributed by atoms with Crippen LogP contribution in [-0.2, 0) is 35.5 Å². The van der Waals surface area contributed by atoms with Gasteiger partial charge in [-0.05, 0) is 28.3 Å². The summed E-state index contributed by atoms with van der Waals surface area (Å²) >= 11 is 0. The van der Waals surface area contributed by atoms with Crippen molar-refractivity contribution in [2.24, 2.45) is 0 Å². The molecule has 0 spiro atoms. The predicted molar refractivity (Wildman–Crippen MR) is 137 cm³/mol. The Kier molecular flexibility index (Phi) is 8.38. The summed E-state index contributed by atoms with van der Waals surface area (Å²) in [5, 5.41) is 3.03. The first kappa shape index (κ1) is 23.9. The zero-order valence-electron chi connectivity index (χ0n) is 19.6. The monoisotopic (exact) mass is 463 g/mol. The molecule has 0 saturated carbocycles. The summed E-state index contributed by atoms with van der Waals surface area (Å²) in [4.78, 5) is 33.1. The van der Waals surface area contributed by atoms with Gasteiger partial charge in [-0.15, -0.1) is 0 Å². The molecule has 4 aromatic rings. The second-order valence-corrected chi connectivity index (χ2v) is 8.45. The van der Waals surface area contributed by atoms with Gasteiger partial charge in [0, 0.05) is 31.9 Å². The van der Waals surface area contributed by atoms with E-state index in [4.69, 9.17) is 0 Å². The van der Waals surface area contributed by atoms with Crippen LogP contribution in [0.4, 0.5) is 0 Å². The Balaban J connectivity index is 1.62. The van der Waals surface area contributed by atoms with Crippen molar-refractivity contribution in [1.82, 2.24) is 15.2 Å². The molecule has 35 heavy (non-hydrogen) atoms. The van der Waals surface area contributed by atoms with E-state index < -0.39 is 6.04 Å². The molecule has 5 nitrogen and oxygen atoms in total. The van der Waals surface area contributed by atoms with E-state index >= 15 is 0 Å². The minimum Gasteiger partial charge on any atom is -0.350 e. The molecule has 4 rings (SSSR count). The van der Waals surface area contributed by atoms with Gasteiger partial charge in [0.1, 0.15) is 6.04 Å². The highest BCUT2D eigenvalue weighted by Crippen LogP contribution is 2.17. The summed E-state index contributed by atoms with van der Waals surface area (Å²) in [7, 11) is 0. The van der Waals surface area contributed by atoms with Crippen molar-refractivity contribution in [3.63, 3.8) is 0 Å². The fraction of sp³-hybridized carbons (Fsp3) is 0.167. The Labute approximate surface area is 206 Å². The third-order valence-corrected chi connectivity index (χ3v) is 5.85. The Hall–Kier alpha value is -4.25. The minimum absolute atomic E-state index is 0.0856. The fourth-order valence-corrected chi connectivity index (χ4v) is 4.02. The average molecular weight is 464 g/mol. The molecule has 0 aliphatic heterocycles. The second kappa shape index (κ2) is 12.3. The number of nitrogens with one attached hydrogen (secondary N) is 1. The lowest BCUT2D eigenvalue weighted by Gasteiger charge is -2.31. The SMILES string of the molecule is O=C(NCc1cccnc1)C(Cc1ccccc1)N(Cc1ccccc1)C(=O)Cc1ccccc1. The zero-order valence-corrected chi connectivity index (χ0v) is 19.6. The maximum Gasteiger partial charge on any atom is 0.243 e. The molecule has 1 atom stereocenters. The Morgan fingerprint density at radius 3 is 1.89 bits per heavy atom. The van der Waals surface area contributed by atoms with Gasteiger partial charge in [0.15, 0.2) is 0 Å². The first-order valence-electron chi connectivity index (χ1n) is 11.8. The van der Waals surface area contributed by atoms with Crippen molar-refractivity contribution >= 4 is 11.8 Å². The summed E-state index contributed by atoms with van der Waals surface area (Å²) in [5.41, 5.74) is 3.81. The van der Waals surface area contributed by atoms with Gasteiger partial charge < -0.3 is 10.2 Å². The topological polar surface area (TPSA) is 62.3 Å². The van der Waals surface area contributed by atoms with Crippen molar-refractivity contribution in [3.05, 3.63) is 138 Å². The number of carbonyl (C=O) groups excluding carboxylic acids is 2. The third-order valence-electron chi connectivity index (χ3n) is 5.85. The van der Waals surface area contributed by atoms with Crippen LogP contribution in [0.5, 0.6) is 0 Å². The van der Waals surface area contributed by atoms with Crippen molar-refractivity contribution in [2.75, 3.05) is 0 Å². The molecule has 5 heteroatoms. The van der Waals surface area contributed by atoms with Crippen LogP contribution < -0.4 is 5.32 Å². The lowest BCUT2D eigenvalue weighted by molar-refractivity contribution is -0.140.